The van der Waals surface area contributed by atoms with Crippen molar-refractivity contribution in [1.82, 2.24) is 0 Å². The lowest BCUT2D eigenvalue weighted by Gasteiger charge is -2.06. The number of carbonyl (C=O) groups is 2. The number of benzene rings is 1. The highest BCUT2D eigenvalue weighted by Gasteiger charge is 2.15. The molecule has 0 bridgehead atoms. The van der Waals surface area contributed by atoms with Crippen molar-refractivity contribution < 1.29 is 19.1 Å². The van der Waals surface area contributed by atoms with Gasteiger partial charge in [-0.1, -0.05) is 12.1 Å². The SMILES string of the molecule is CCOCCC(=O)CC(=O)c1ccccc1OC. The average molecular weight is 250 g/mol. The van der Waals surface area contributed by atoms with Crippen molar-refractivity contribution in [3.8, 4) is 5.75 Å². The lowest BCUT2D eigenvalue weighted by molar-refractivity contribution is -0.119. The van der Waals surface area contributed by atoms with E-state index in [1.165, 1.54) is 7.11 Å². The molecule has 0 aromatic heterocycles. The monoisotopic (exact) mass is 250 g/mol. The van der Waals surface area contributed by atoms with Gasteiger partial charge >= 0.3 is 0 Å². The lowest BCUT2D eigenvalue weighted by Crippen LogP contribution is -2.11. The first kappa shape index (κ1) is 14.4. The molecular weight excluding hydrogens is 232 g/mol. The topological polar surface area (TPSA) is 52.6 Å². The Balaban J connectivity index is 2.57. The summed E-state index contributed by atoms with van der Waals surface area (Å²) < 4.78 is 10.2. The van der Waals surface area contributed by atoms with Crippen LogP contribution in [-0.4, -0.2) is 31.9 Å². The Morgan fingerprint density at radius 3 is 2.61 bits per heavy atom. The molecule has 18 heavy (non-hydrogen) atoms. The summed E-state index contributed by atoms with van der Waals surface area (Å²) in [6.45, 7) is 2.81. The Morgan fingerprint density at radius 2 is 1.94 bits per heavy atom. The van der Waals surface area contributed by atoms with E-state index in [0.29, 0.717) is 24.5 Å². The quantitative estimate of drug-likeness (QED) is 0.403. The summed E-state index contributed by atoms with van der Waals surface area (Å²) >= 11 is 0. The van der Waals surface area contributed by atoms with Crippen molar-refractivity contribution in [1.29, 1.82) is 0 Å². The molecule has 0 saturated heterocycles. The molecule has 0 saturated carbocycles. The van der Waals surface area contributed by atoms with Crippen LogP contribution in [0.2, 0.25) is 0 Å². The van der Waals surface area contributed by atoms with Crippen molar-refractivity contribution in [3.63, 3.8) is 0 Å². The van der Waals surface area contributed by atoms with Gasteiger partial charge in [-0.05, 0) is 19.1 Å². The van der Waals surface area contributed by atoms with Crippen LogP contribution in [0.25, 0.3) is 0 Å². The molecule has 0 aliphatic heterocycles. The minimum absolute atomic E-state index is 0.104. The second-order valence-corrected chi connectivity index (χ2v) is 3.79. The van der Waals surface area contributed by atoms with E-state index in [0.717, 1.165) is 0 Å². The molecular formula is C14H18O4. The van der Waals surface area contributed by atoms with Crippen LogP contribution in [-0.2, 0) is 9.53 Å². The predicted octanol–water partition coefficient (Wildman–Crippen LogP) is 2.26. The molecule has 0 aliphatic carbocycles. The molecule has 4 heteroatoms. The molecule has 1 aromatic rings. The van der Waals surface area contributed by atoms with Crippen molar-refractivity contribution in [2.24, 2.45) is 0 Å². The maximum atomic E-state index is 11.9. The zero-order valence-corrected chi connectivity index (χ0v) is 10.8. The number of methoxy groups -OCH3 is 1. The molecule has 0 radical (unpaired) electrons. The summed E-state index contributed by atoms with van der Waals surface area (Å²) in [5.41, 5.74) is 0.449. The van der Waals surface area contributed by atoms with E-state index in [2.05, 4.69) is 0 Å². The van der Waals surface area contributed by atoms with Crippen LogP contribution in [0.3, 0.4) is 0 Å². The smallest absolute Gasteiger partial charge is 0.173 e. The zero-order valence-electron chi connectivity index (χ0n) is 10.8. The molecule has 4 nitrogen and oxygen atoms in total. The summed E-state index contributed by atoms with van der Waals surface area (Å²) in [5.74, 6) is 0.174. The van der Waals surface area contributed by atoms with Crippen molar-refractivity contribution in [2.75, 3.05) is 20.3 Å². The molecule has 0 atom stereocenters. The Bertz CT molecular complexity index is 412. The van der Waals surface area contributed by atoms with E-state index in [1.54, 1.807) is 24.3 Å². The zero-order chi connectivity index (χ0) is 13.4. The van der Waals surface area contributed by atoms with Gasteiger partial charge in [-0.15, -0.1) is 0 Å². The van der Waals surface area contributed by atoms with Gasteiger partial charge in [0.25, 0.3) is 0 Å². The van der Waals surface area contributed by atoms with Crippen LogP contribution in [0.5, 0.6) is 5.75 Å². The van der Waals surface area contributed by atoms with E-state index in [-0.39, 0.29) is 24.4 Å². The summed E-state index contributed by atoms with van der Waals surface area (Å²) in [6.07, 6.45) is 0.169. The van der Waals surface area contributed by atoms with Gasteiger partial charge < -0.3 is 9.47 Å². The van der Waals surface area contributed by atoms with Crippen LogP contribution >= 0.6 is 0 Å². The third-order valence-corrected chi connectivity index (χ3v) is 2.49. The number of hydrogen-bond donors (Lipinski definition) is 0. The highest BCUT2D eigenvalue weighted by molar-refractivity contribution is 6.09. The van der Waals surface area contributed by atoms with E-state index in [4.69, 9.17) is 9.47 Å². The first-order valence-electron chi connectivity index (χ1n) is 5.94. The third-order valence-electron chi connectivity index (χ3n) is 2.49. The number of para-hydroxylation sites is 1. The summed E-state index contributed by atoms with van der Waals surface area (Å²) in [5, 5.41) is 0. The van der Waals surface area contributed by atoms with Crippen LogP contribution in [0.4, 0.5) is 0 Å². The van der Waals surface area contributed by atoms with Gasteiger partial charge in [-0.2, -0.15) is 0 Å². The molecule has 0 unspecified atom stereocenters. The summed E-state index contributed by atoms with van der Waals surface area (Å²) in [6, 6.07) is 6.90. The van der Waals surface area contributed by atoms with Crippen molar-refractivity contribution in [2.45, 2.75) is 19.8 Å². The van der Waals surface area contributed by atoms with Crippen LogP contribution in [0.15, 0.2) is 24.3 Å². The highest BCUT2D eigenvalue weighted by Crippen LogP contribution is 2.19. The van der Waals surface area contributed by atoms with Gasteiger partial charge in [0.15, 0.2) is 5.78 Å². The molecule has 0 N–H and O–H groups in total. The second kappa shape index (κ2) is 7.61. The number of Topliss-reactive ketones (excluding diaryl/α,β-unsaturated/α-hetero) is 2. The van der Waals surface area contributed by atoms with Crippen molar-refractivity contribution in [3.05, 3.63) is 29.8 Å². The molecule has 0 amide bonds. The Morgan fingerprint density at radius 1 is 1.22 bits per heavy atom. The maximum absolute atomic E-state index is 11.9. The predicted molar refractivity (Wildman–Crippen MR) is 68.1 cm³/mol. The van der Waals surface area contributed by atoms with E-state index >= 15 is 0 Å². The van der Waals surface area contributed by atoms with Gasteiger partial charge in [-0.3, -0.25) is 9.59 Å². The fraction of sp³-hybridized carbons (Fsp3) is 0.429. The highest BCUT2D eigenvalue weighted by atomic mass is 16.5. The van der Waals surface area contributed by atoms with Gasteiger partial charge in [-0.25, -0.2) is 0 Å². The first-order valence-corrected chi connectivity index (χ1v) is 5.94. The Kier molecular flexibility index (Phi) is 6.08. The molecule has 0 fully saturated rings. The molecule has 1 rings (SSSR count). The normalized spacial score (nSPS) is 10.1. The number of hydrogen-bond acceptors (Lipinski definition) is 4. The Labute approximate surface area is 107 Å². The maximum Gasteiger partial charge on any atom is 0.173 e. The summed E-state index contributed by atoms with van der Waals surface area (Å²) in [7, 11) is 1.50. The Hall–Kier alpha value is -1.68. The van der Waals surface area contributed by atoms with Crippen LogP contribution in [0.1, 0.15) is 30.1 Å². The minimum Gasteiger partial charge on any atom is -0.496 e. The standard InChI is InChI=1S/C14H18O4/c1-3-18-9-8-11(15)10-13(16)12-6-4-5-7-14(12)17-2/h4-7H,3,8-10H2,1-2H3. The molecule has 0 heterocycles. The number of carbonyl (C=O) groups excluding carboxylic acids is 2. The molecule has 0 spiro atoms. The molecule has 98 valence electrons. The fourth-order valence-corrected chi connectivity index (χ4v) is 1.57. The van der Waals surface area contributed by atoms with E-state index < -0.39 is 0 Å². The van der Waals surface area contributed by atoms with Gasteiger partial charge in [0.1, 0.15) is 11.5 Å². The second-order valence-electron chi connectivity index (χ2n) is 3.79. The van der Waals surface area contributed by atoms with E-state index in [9.17, 15) is 9.59 Å². The van der Waals surface area contributed by atoms with Crippen LogP contribution in [0, 0.1) is 0 Å². The first-order chi connectivity index (χ1) is 8.69. The number of rotatable bonds is 8. The number of ether oxygens (including phenoxy) is 2. The molecule has 0 aliphatic rings. The third kappa shape index (κ3) is 4.30. The number of ketones is 2. The minimum atomic E-state index is -0.214. The molecule has 1 aromatic carbocycles. The average Bonchev–Trinajstić information content (AvgIpc) is 2.39. The summed E-state index contributed by atoms with van der Waals surface area (Å²) in [4.78, 5) is 23.5. The lowest BCUT2D eigenvalue weighted by atomic mass is 10.0. The van der Waals surface area contributed by atoms with E-state index in [1.807, 2.05) is 6.92 Å². The van der Waals surface area contributed by atoms with Gasteiger partial charge in [0.2, 0.25) is 0 Å². The largest absolute Gasteiger partial charge is 0.496 e. The van der Waals surface area contributed by atoms with Gasteiger partial charge in [0, 0.05) is 13.0 Å². The van der Waals surface area contributed by atoms with Crippen LogP contribution < -0.4 is 4.74 Å². The van der Waals surface area contributed by atoms with Crippen molar-refractivity contribution >= 4 is 11.6 Å². The fourth-order valence-electron chi connectivity index (χ4n) is 1.57. The van der Waals surface area contributed by atoms with Gasteiger partial charge in [0.05, 0.1) is 25.7 Å².